The first-order valence-electron chi connectivity index (χ1n) is 5.03. The standard InChI is InChI=1S/C13H11BrN2OS/c1-2-5-17-12-4-3-11(14)7-9(12)6-10(8-15)13(16)18/h2-4,6-7H,1,5H2,(H2,16,18)/b10-6+. The molecule has 0 aliphatic rings. The Balaban J connectivity index is 3.20. The Morgan fingerprint density at radius 2 is 2.33 bits per heavy atom. The van der Waals surface area contributed by atoms with Gasteiger partial charge in [0.25, 0.3) is 0 Å². The van der Waals surface area contributed by atoms with E-state index in [9.17, 15) is 0 Å². The average Bonchev–Trinajstić information content (AvgIpc) is 2.34. The molecule has 0 unspecified atom stereocenters. The fourth-order valence-corrected chi connectivity index (χ4v) is 1.71. The van der Waals surface area contributed by atoms with Gasteiger partial charge < -0.3 is 10.5 Å². The predicted octanol–water partition coefficient (Wildman–Crippen LogP) is 3.21. The third kappa shape index (κ3) is 3.99. The van der Waals surface area contributed by atoms with Crippen molar-refractivity contribution in [3.05, 3.63) is 46.5 Å². The summed E-state index contributed by atoms with van der Waals surface area (Å²) in [6, 6.07) is 7.43. The van der Waals surface area contributed by atoms with E-state index in [2.05, 4.69) is 22.5 Å². The number of ether oxygens (including phenoxy) is 1. The third-order valence-corrected chi connectivity index (χ3v) is 2.73. The van der Waals surface area contributed by atoms with Crippen molar-refractivity contribution in [2.24, 2.45) is 5.73 Å². The fourth-order valence-electron chi connectivity index (χ4n) is 1.23. The molecule has 0 amide bonds. The van der Waals surface area contributed by atoms with Crippen LogP contribution in [0.5, 0.6) is 5.75 Å². The highest BCUT2D eigenvalue weighted by Crippen LogP contribution is 2.25. The van der Waals surface area contributed by atoms with Gasteiger partial charge in [-0.2, -0.15) is 5.26 Å². The Hall–Kier alpha value is -1.64. The molecule has 0 aromatic heterocycles. The molecule has 18 heavy (non-hydrogen) atoms. The summed E-state index contributed by atoms with van der Waals surface area (Å²) in [5.74, 6) is 0.641. The molecule has 0 heterocycles. The van der Waals surface area contributed by atoms with E-state index in [1.165, 1.54) is 0 Å². The van der Waals surface area contributed by atoms with Crippen LogP contribution in [0.1, 0.15) is 5.56 Å². The largest absolute Gasteiger partial charge is 0.489 e. The van der Waals surface area contributed by atoms with Gasteiger partial charge in [-0.1, -0.05) is 40.8 Å². The first-order valence-corrected chi connectivity index (χ1v) is 6.23. The van der Waals surface area contributed by atoms with Crippen LogP contribution in [-0.4, -0.2) is 11.6 Å². The number of thiocarbonyl (C=S) groups is 1. The third-order valence-electron chi connectivity index (χ3n) is 2.01. The average molecular weight is 323 g/mol. The Labute approximate surface area is 120 Å². The van der Waals surface area contributed by atoms with Crippen molar-refractivity contribution in [2.45, 2.75) is 0 Å². The molecule has 2 N–H and O–H groups in total. The van der Waals surface area contributed by atoms with Crippen LogP contribution in [0.2, 0.25) is 0 Å². The van der Waals surface area contributed by atoms with Crippen LogP contribution in [0.4, 0.5) is 0 Å². The zero-order valence-corrected chi connectivity index (χ0v) is 11.9. The van der Waals surface area contributed by atoms with E-state index in [0.29, 0.717) is 12.4 Å². The highest BCUT2D eigenvalue weighted by Gasteiger charge is 2.05. The second kappa shape index (κ2) is 6.94. The topological polar surface area (TPSA) is 59.0 Å². The van der Waals surface area contributed by atoms with Crippen LogP contribution in [0.3, 0.4) is 0 Å². The Morgan fingerprint density at radius 1 is 1.61 bits per heavy atom. The number of nitrogens with zero attached hydrogens (tertiary/aromatic N) is 1. The lowest BCUT2D eigenvalue weighted by Gasteiger charge is -2.08. The maximum Gasteiger partial charge on any atom is 0.127 e. The Bertz CT molecular complexity index is 546. The lowest BCUT2D eigenvalue weighted by Crippen LogP contribution is -2.09. The van der Waals surface area contributed by atoms with Gasteiger partial charge >= 0.3 is 0 Å². The molecule has 1 aromatic rings. The van der Waals surface area contributed by atoms with E-state index in [-0.39, 0.29) is 10.6 Å². The summed E-state index contributed by atoms with van der Waals surface area (Å²) in [7, 11) is 0. The minimum absolute atomic E-state index is 0.0622. The molecule has 0 aliphatic heterocycles. The van der Waals surface area contributed by atoms with E-state index < -0.39 is 0 Å². The van der Waals surface area contributed by atoms with Gasteiger partial charge in [-0.15, -0.1) is 0 Å². The van der Waals surface area contributed by atoms with Crippen LogP contribution < -0.4 is 10.5 Å². The summed E-state index contributed by atoms with van der Waals surface area (Å²) < 4.78 is 6.36. The molecule has 0 bridgehead atoms. The molecule has 5 heteroatoms. The highest BCUT2D eigenvalue weighted by molar-refractivity contribution is 9.10. The van der Waals surface area contributed by atoms with E-state index in [0.717, 1.165) is 10.0 Å². The van der Waals surface area contributed by atoms with Crippen molar-refractivity contribution in [3.8, 4) is 11.8 Å². The van der Waals surface area contributed by atoms with E-state index in [1.807, 2.05) is 18.2 Å². The molecular weight excluding hydrogens is 312 g/mol. The molecular formula is C13H11BrN2OS. The van der Waals surface area contributed by atoms with Gasteiger partial charge in [0.2, 0.25) is 0 Å². The first-order chi connectivity index (χ1) is 8.58. The minimum atomic E-state index is 0.0622. The SMILES string of the molecule is C=CCOc1ccc(Br)cc1/C=C(\C#N)C(N)=S. The predicted molar refractivity (Wildman–Crippen MR) is 80.2 cm³/mol. The summed E-state index contributed by atoms with van der Waals surface area (Å²) >= 11 is 8.16. The number of nitriles is 1. The van der Waals surface area contributed by atoms with Gasteiger partial charge in [0.05, 0.1) is 5.57 Å². The van der Waals surface area contributed by atoms with Gasteiger partial charge in [-0.05, 0) is 24.3 Å². The van der Waals surface area contributed by atoms with Crippen molar-refractivity contribution >= 4 is 39.2 Å². The molecule has 0 saturated carbocycles. The van der Waals surface area contributed by atoms with Crippen LogP contribution >= 0.6 is 28.1 Å². The molecule has 1 aromatic carbocycles. The molecule has 0 fully saturated rings. The summed E-state index contributed by atoms with van der Waals surface area (Å²) in [5, 5.41) is 8.94. The second-order valence-electron chi connectivity index (χ2n) is 3.32. The highest BCUT2D eigenvalue weighted by atomic mass is 79.9. The van der Waals surface area contributed by atoms with E-state index in [4.69, 9.17) is 28.0 Å². The monoisotopic (exact) mass is 322 g/mol. The second-order valence-corrected chi connectivity index (χ2v) is 4.67. The smallest absolute Gasteiger partial charge is 0.127 e. The zero-order chi connectivity index (χ0) is 13.5. The van der Waals surface area contributed by atoms with Gasteiger partial charge in [-0.25, -0.2) is 0 Å². The fraction of sp³-hybridized carbons (Fsp3) is 0.0769. The number of nitrogens with two attached hydrogens (primary N) is 1. The molecule has 3 nitrogen and oxygen atoms in total. The van der Waals surface area contributed by atoms with Crippen molar-refractivity contribution in [2.75, 3.05) is 6.61 Å². The normalized spacial score (nSPS) is 10.6. The molecule has 92 valence electrons. The molecule has 0 spiro atoms. The number of rotatable bonds is 5. The van der Waals surface area contributed by atoms with Crippen molar-refractivity contribution in [1.82, 2.24) is 0 Å². The molecule has 0 atom stereocenters. The maximum atomic E-state index is 8.94. The van der Waals surface area contributed by atoms with Gasteiger partial charge in [-0.3, -0.25) is 0 Å². The Morgan fingerprint density at radius 3 is 2.89 bits per heavy atom. The first kappa shape index (κ1) is 14.4. The van der Waals surface area contributed by atoms with Gasteiger partial charge in [0, 0.05) is 10.0 Å². The lowest BCUT2D eigenvalue weighted by atomic mass is 10.1. The van der Waals surface area contributed by atoms with Crippen LogP contribution in [-0.2, 0) is 0 Å². The van der Waals surface area contributed by atoms with Crippen molar-refractivity contribution in [1.29, 1.82) is 5.26 Å². The quantitative estimate of drug-likeness (QED) is 0.391. The van der Waals surface area contributed by atoms with E-state index >= 15 is 0 Å². The van der Waals surface area contributed by atoms with Crippen LogP contribution in [0.25, 0.3) is 6.08 Å². The zero-order valence-electron chi connectivity index (χ0n) is 9.52. The number of benzene rings is 1. The van der Waals surface area contributed by atoms with Crippen LogP contribution in [0.15, 0.2) is 40.9 Å². The number of hydrogen-bond acceptors (Lipinski definition) is 3. The molecule has 1 rings (SSSR count). The van der Waals surface area contributed by atoms with Crippen molar-refractivity contribution < 1.29 is 4.74 Å². The number of halogens is 1. The summed E-state index contributed by atoms with van der Waals surface area (Å²) in [4.78, 5) is 0.0622. The van der Waals surface area contributed by atoms with Gasteiger partial charge in [0.1, 0.15) is 23.4 Å². The molecule has 0 radical (unpaired) electrons. The van der Waals surface area contributed by atoms with Crippen molar-refractivity contribution in [3.63, 3.8) is 0 Å². The molecule has 0 saturated heterocycles. The maximum absolute atomic E-state index is 8.94. The minimum Gasteiger partial charge on any atom is -0.489 e. The summed E-state index contributed by atoms with van der Waals surface area (Å²) in [6.07, 6.45) is 3.25. The number of hydrogen-bond donors (Lipinski definition) is 1. The van der Waals surface area contributed by atoms with Gasteiger partial charge in [0.15, 0.2) is 0 Å². The summed E-state index contributed by atoms with van der Waals surface area (Å²) in [6.45, 7) is 3.97. The summed E-state index contributed by atoms with van der Waals surface area (Å²) in [5.41, 5.74) is 6.43. The lowest BCUT2D eigenvalue weighted by molar-refractivity contribution is 0.362. The van der Waals surface area contributed by atoms with E-state index in [1.54, 1.807) is 18.2 Å². The molecule has 0 aliphatic carbocycles. The Kier molecular flexibility index (Phi) is 5.56. The van der Waals surface area contributed by atoms with Crippen LogP contribution in [0, 0.1) is 11.3 Å².